The summed E-state index contributed by atoms with van der Waals surface area (Å²) in [6.07, 6.45) is 0.965. The van der Waals surface area contributed by atoms with E-state index in [9.17, 15) is 0 Å². The fourth-order valence-corrected chi connectivity index (χ4v) is 1.24. The third kappa shape index (κ3) is 3.07. The SMILES string of the molecule is CCOc1ccccc1CC[N-]C. The van der Waals surface area contributed by atoms with Crippen LogP contribution in [0.1, 0.15) is 12.5 Å². The van der Waals surface area contributed by atoms with E-state index in [1.807, 2.05) is 32.2 Å². The average molecular weight is 178 g/mol. The van der Waals surface area contributed by atoms with E-state index in [2.05, 4.69) is 11.4 Å². The Morgan fingerprint density at radius 1 is 1.31 bits per heavy atom. The molecule has 0 aromatic heterocycles. The molecule has 0 saturated carbocycles. The van der Waals surface area contributed by atoms with Gasteiger partial charge < -0.3 is 10.1 Å². The second-order valence-corrected chi connectivity index (χ2v) is 2.83. The standard InChI is InChI=1S/C11H16NO/c1-3-13-11-7-5-4-6-10(11)8-9-12-2/h4-7H,3,8-9H2,1-2H3/q-1. The highest BCUT2D eigenvalue weighted by Crippen LogP contribution is 2.18. The molecule has 0 saturated heterocycles. The van der Waals surface area contributed by atoms with Crippen LogP contribution in [0, 0.1) is 0 Å². The highest BCUT2D eigenvalue weighted by molar-refractivity contribution is 5.33. The third-order valence-corrected chi connectivity index (χ3v) is 1.88. The van der Waals surface area contributed by atoms with Gasteiger partial charge in [0.15, 0.2) is 0 Å². The lowest BCUT2D eigenvalue weighted by atomic mass is 10.1. The molecule has 0 heterocycles. The van der Waals surface area contributed by atoms with Crippen molar-refractivity contribution in [3.8, 4) is 5.75 Å². The smallest absolute Gasteiger partial charge is 0.122 e. The number of rotatable bonds is 5. The molecule has 2 heteroatoms. The van der Waals surface area contributed by atoms with E-state index in [0.29, 0.717) is 0 Å². The Bertz CT molecular complexity index is 248. The molecule has 0 unspecified atom stereocenters. The Kier molecular flexibility index (Phi) is 4.33. The predicted molar refractivity (Wildman–Crippen MR) is 55.5 cm³/mol. The number of nitrogens with zero attached hydrogens (tertiary/aromatic N) is 1. The van der Waals surface area contributed by atoms with Gasteiger partial charge in [-0.3, -0.25) is 0 Å². The lowest BCUT2D eigenvalue weighted by Gasteiger charge is -2.13. The molecule has 0 amide bonds. The van der Waals surface area contributed by atoms with Crippen molar-refractivity contribution in [2.24, 2.45) is 0 Å². The molecule has 0 atom stereocenters. The Balaban J connectivity index is 2.66. The van der Waals surface area contributed by atoms with Crippen molar-refractivity contribution in [1.29, 1.82) is 0 Å². The summed E-state index contributed by atoms with van der Waals surface area (Å²) in [6, 6.07) is 8.13. The van der Waals surface area contributed by atoms with Crippen molar-refractivity contribution in [2.45, 2.75) is 13.3 Å². The van der Waals surface area contributed by atoms with Gasteiger partial charge in [-0.2, -0.15) is 7.05 Å². The molecule has 0 aliphatic rings. The fourth-order valence-electron chi connectivity index (χ4n) is 1.24. The van der Waals surface area contributed by atoms with E-state index in [-0.39, 0.29) is 0 Å². The number of hydrogen-bond acceptors (Lipinski definition) is 1. The van der Waals surface area contributed by atoms with Crippen LogP contribution in [-0.4, -0.2) is 20.2 Å². The van der Waals surface area contributed by atoms with Gasteiger partial charge in [-0.05, 0) is 25.0 Å². The number of likely N-dealkylation sites (N-methyl/N-ethyl adjacent to an activating group) is 1. The van der Waals surface area contributed by atoms with Gasteiger partial charge in [0, 0.05) is 0 Å². The first kappa shape index (κ1) is 10.1. The highest BCUT2D eigenvalue weighted by Gasteiger charge is 1.98. The van der Waals surface area contributed by atoms with E-state index >= 15 is 0 Å². The van der Waals surface area contributed by atoms with Gasteiger partial charge in [-0.25, -0.2) is 0 Å². The molecule has 1 aromatic rings. The van der Waals surface area contributed by atoms with E-state index in [0.717, 1.165) is 25.3 Å². The van der Waals surface area contributed by atoms with Gasteiger partial charge in [-0.1, -0.05) is 18.2 Å². The maximum absolute atomic E-state index is 5.49. The fraction of sp³-hybridized carbons (Fsp3) is 0.455. The molecule has 0 aliphatic carbocycles. The normalized spacial score (nSPS) is 10.0. The first-order valence-electron chi connectivity index (χ1n) is 4.64. The Morgan fingerprint density at radius 2 is 2.08 bits per heavy atom. The predicted octanol–water partition coefficient (Wildman–Crippen LogP) is 2.63. The van der Waals surface area contributed by atoms with Gasteiger partial charge >= 0.3 is 0 Å². The molecule has 1 aromatic carbocycles. The quantitative estimate of drug-likeness (QED) is 0.679. The van der Waals surface area contributed by atoms with Crippen molar-refractivity contribution >= 4 is 0 Å². The zero-order chi connectivity index (χ0) is 9.52. The van der Waals surface area contributed by atoms with Crippen LogP contribution < -0.4 is 4.74 Å². The molecule has 2 nitrogen and oxygen atoms in total. The second-order valence-electron chi connectivity index (χ2n) is 2.83. The summed E-state index contributed by atoms with van der Waals surface area (Å²) in [5.74, 6) is 0.994. The van der Waals surface area contributed by atoms with E-state index in [4.69, 9.17) is 4.74 Å². The number of benzene rings is 1. The van der Waals surface area contributed by atoms with Crippen LogP contribution in [-0.2, 0) is 6.42 Å². The van der Waals surface area contributed by atoms with Gasteiger partial charge in [0.25, 0.3) is 0 Å². The molecular weight excluding hydrogens is 162 g/mol. The van der Waals surface area contributed by atoms with Crippen molar-refractivity contribution in [2.75, 3.05) is 20.2 Å². The zero-order valence-electron chi connectivity index (χ0n) is 8.29. The molecule has 1 rings (SSSR count). The van der Waals surface area contributed by atoms with Crippen LogP contribution in [0.15, 0.2) is 24.3 Å². The van der Waals surface area contributed by atoms with E-state index in [1.54, 1.807) is 0 Å². The van der Waals surface area contributed by atoms with E-state index < -0.39 is 0 Å². The summed E-state index contributed by atoms with van der Waals surface area (Å²) in [5.41, 5.74) is 1.25. The molecule has 72 valence electrons. The topological polar surface area (TPSA) is 23.3 Å². The molecule has 0 bridgehead atoms. The monoisotopic (exact) mass is 178 g/mol. The van der Waals surface area contributed by atoms with Crippen LogP contribution in [0.4, 0.5) is 0 Å². The van der Waals surface area contributed by atoms with Crippen LogP contribution in [0.2, 0.25) is 0 Å². The van der Waals surface area contributed by atoms with Crippen LogP contribution in [0.5, 0.6) is 5.75 Å². The summed E-state index contributed by atoms with van der Waals surface area (Å²) >= 11 is 0. The molecule has 0 spiro atoms. The second kappa shape index (κ2) is 5.60. The first-order chi connectivity index (χ1) is 6.38. The maximum atomic E-state index is 5.49. The van der Waals surface area contributed by atoms with Gasteiger partial charge in [-0.15, -0.1) is 6.54 Å². The van der Waals surface area contributed by atoms with E-state index in [1.165, 1.54) is 5.56 Å². The third-order valence-electron chi connectivity index (χ3n) is 1.88. The summed E-state index contributed by atoms with van der Waals surface area (Å²) in [4.78, 5) is 0. The van der Waals surface area contributed by atoms with Crippen LogP contribution in [0.3, 0.4) is 0 Å². The largest absolute Gasteiger partial charge is 0.665 e. The number of ether oxygens (including phenoxy) is 1. The zero-order valence-corrected chi connectivity index (χ0v) is 8.29. The lowest BCUT2D eigenvalue weighted by Crippen LogP contribution is -1.98. The average Bonchev–Trinajstić information content (AvgIpc) is 2.17. The molecule has 13 heavy (non-hydrogen) atoms. The summed E-state index contributed by atoms with van der Waals surface area (Å²) in [6.45, 7) is 3.59. The molecule has 0 aliphatic heterocycles. The van der Waals surface area contributed by atoms with Crippen LogP contribution in [0.25, 0.3) is 5.32 Å². The van der Waals surface area contributed by atoms with Gasteiger partial charge in [0.05, 0.1) is 6.61 Å². The van der Waals surface area contributed by atoms with Crippen molar-refractivity contribution < 1.29 is 4.74 Å². The lowest BCUT2D eigenvalue weighted by molar-refractivity contribution is 0.336. The van der Waals surface area contributed by atoms with Gasteiger partial charge in [0.2, 0.25) is 0 Å². The number of para-hydroxylation sites is 1. The molecule has 0 N–H and O–H groups in total. The Labute approximate surface area is 79.9 Å². The minimum Gasteiger partial charge on any atom is -0.665 e. The summed E-state index contributed by atoms with van der Waals surface area (Å²) in [5, 5.41) is 4.08. The molecule has 0 fully saturated rings. The van der Waals surface area contributed by atoms with Crippen molar-refractivity contribution in [3.63, 3.8) is 0 Å². The summed E-state index contributed by atoms with van der Waals surface area (Å²) < 4.78 is 5.49. The Morgan fingerprint density at radius 3 is 2.77 bits per heavy atom. The highest BCUT2D eigenvalue weighted by atomic mass is 16.5. The number of hydrogen-bond donors (Lipinski definition) is 0. The Hall–Kier alpha value is -1.02. The van der Waals surface area contributed by atoms with Crippen molar-refractivity contribution in [3.05, 3.63) is 35.1 Å². The first-order valence-corrected chi connectivity index (χ1v) is 4.64. The minimum atomic E-state index is 0.723. The van der Waals surface area contributed by atoms with Crippen molar-refractivity contribution in [1.82, 2.24) is 0 Å². The minimum absolute atomic E-state index is 0.723. The van der Waals surface area contributed by atoms with Crippen LogP contribution >= 0.6 is 0 Å². The molecule has 0 radical (unpaired) electrons. The molecular formula is C11H16NO-. The van der Waals surface area contributed by atoms with Gasteiger partial charge in [0.1, 0.15) is 5.75 Å². The summed E-state index contributed by atoms with van der Waals surface area (Å²) in [7, 11) is 1.84. The maximum Gasteiger partial charge on any atom is 0.122 e.